The van der Waals surface area contributed by atoms with Crippen molar-refractivity contribution >= 4 is 58.3 Å². The fourth-order valence-electron chi connectivity index (χ4n) is 10.3. The molecule has 0 radical (unpaired) electrons. The van der Waals surface area contributed by atoms with Crippen LogP contribution in [0.4, 0.5) is 28.4 Å². The molecule has 0 bridgehead atoms. The second kappa shape index (κ2) is 34.0. The molecule has 3 aliphatic rings. The van der Waals surface area contributed by atoms with E-state index in [2.05, 4.69) is 0 Å². The Hall–Kier alpha value is -15.5. The van der Waals surface area contributed by atoms with Crippen molar-refractivity contribution in [3.63, 3.8) is 0 Å². The first-order chi connectivity index (χ1) is 52.5. The van der Waals surface area contributed by atoms with Crippen LogP contribution in [0.3, 0.4) is 0 Å². The number of aryl methyl sites for hydroxylation is 2. The molecule has 4 N–H and O–H groups in total. The lowest BCUT2D eigenvalue weighted by atomic mass is 10.0. The minimum atomic E-state index is -2.06. The smallest absolute Gasteiger partial charge is 0.504 e. The third kappa shape index (κ3) is 18.9. The number of nitro groups is 5. The highest BCUT2D eigenvalue weighted by atomic mass is 17.0. The molecule has 0 aromatic heterocycles. The van der Waals surface area contributed by atoms with E-state index in [9.17, 15) is 89.9 Å². The molecule has 562 valence electrons. The van der Waals surface area contributed by atoms with Gasteiger partial charge in [0.05, 0.1) is 80.3 Å². The molecule has 10 aromatic carbocycles. The van der Waals surface area contributed by atoms with Crippen LogP contribution < -0.4 is 28.4 Å². The lowest BCUT2D eigenvalue weighted by Gasteiger charge is -2.17. The van der Waals surface area contributed by atoms with Gasteiger partial charge in [-0.25, -0.2) is 24.0 Å². The zero-order chi connectivity index (χ0) is 79.1. The highest BCUT2D eigenvalue weighted by Gasteiger charge is 2.54. The van der Waals surface area contributed by atoms with Gasteiger partial charge in [0.1, 0.15) is 33.0 Å². The molecule has 0 aliphatic carbocycles. The van der Waals surface area contributed by atoms with E-state index in [0.29, 0.717) is 22.6 Å². The van der Waals surface area contributed by atoms with Crippen LogP contribution >= 0.6 is 0 Å². The molecular formula is C75H57N5O30. The predicted octanol–water partition coefficient (Wildman–Crippen LogP) is 13.5. The van der Waals surface area contributed by atoms with E-state index < -0.39 is 78.4 Å². The first kappa shape index (κ1) is 77.2. The van der Waals surface area contributed by atoms with E-state index in [-0.39, 0.29) is 140 Å². The monoisotopic (exact) mass is 1510 g/mol. The molecule has 0 saturated carbocycles. The number of benzene rings is 10. The first-order valence-corrected chi connectivity index (χ1v) is 32.1. The summed E-state index contributed by atoms with van der Waals surface area (Å²) < 4.78 is 59.3. The Morgan fingerprint density at radius 3 is 0.936 bits per heavy atom. The average Bonchev–Trinajstić information content (AvgIpc) is 1.59. The van der Waals surface area contributed by atoms with Gasteiger partial charge >= 0.3 is 36.0 Å². The van der Waals surface area contributed by atoms with Gasteiger partial charge in [0.25, 0.3) is 28.4 Å². The Labute approximate surface area is 618 Å². The van der Waals surface area contributed by atoms with Crippen LogP contribution in [0.25, 0.3) is 0 Å². The molecule has 1 unspecified atom stereocenters. The number of hydrogen-bond donors (Lipinski definition) is 4. The lowest BCUT2D eigenvalue weighted by molar-refractivity contribution is -0.386. The van der Waals surface area contributed by atoms with Gasteiger partial charge in [0.15, 0.2) is 57.5 Å². The molecule has 35 heteroatoms. The van der Waals surface area contributed by atoms with E-state index in [4.69, 9.17) is 57.2 Å². The van der Waals surface area contributed by atoms with E-state index >= 15 is 0 Å². The Morgan fingerprint density at radius 2 is 0.600 bits per heavy atom. The highest BCUT2D eigenvalue weighted by molar-refractivity contribution is 5.93. The molecule has 1 spiro atoms. The van der Waals surface area contributed by atoms with Gasteiger partial charge in [-0.3, -0.25) is 50.6 Å². The minimum absolute atomic E-state index is 0.0314. The maximum absolute atomic E-state index is 12.7. The molecule has 0 fully saturated rings. The Morgan fingerprint density at radius 1 is 0.327 bits per heavy atom. The predicted molar refractivity (Wildman–Crippen MR) is 375 cm³/mol. The minimum Gasteiger partial charge on any atom is -0.504 e. The van der Waals surface area contributed by atoms with Gasteiger partial charge in [-0.1, -0.05) is 48.5 Å². The Balaban J connectivity index is 0.000000165. The molecule has 0 saturated heterocycles. The first-order valence-electron chi connectivity index (χ1n) is 32.1. The number of rotatable bonds is 20. The van der Waals surface area contributed by atoms with Crippen LogP contribution in [0.5, 0.6) is 57.5 Å². The highest BCUT2D eigenvalue weighted by Crippen LogP contribution is 2.48. The van der Waals surface area contributed by atoms with Crippen LogP contribution in [-0.4, -0.2) is 87.3 Å². The van der Waals surface area contributed by atoms with Crippen LogP contribution in [0, 0.1) is 64.4 Å². The second-order valence-corrected chi connectivity index (χ2v) is 23.3. The van der Waals surface area contributed by atoms with E-state index in [1.165, 1.54) is 121 Å². The van der Waals surface area contributed by atoms with Crippen molar-refractivity contribution in [1.82, 2.24) is 0 Å². The second-order valence-electron chi connectivity index (χ2n) is 23.3. The number of esters is 5. The number of nitrogens with zero attached hydrogens (tertiary/aromatic N) is 5. The fraction of sp³-hybridized carbons (Fsp3) is 0.133. The molecule has 110 heavy (non-hydrogen) atoms. The van der Waals surface area contributed by atoms with E-state index in [0.717, 1.165) is 35.4 Å². The van der Waals surface area contributed by atoms with Gasteiger partial charge in [-0.2, -0.15) is 0 Å². The van der Waals surface area contributed by atoms with Gasteiger partial charge in [-0.05, 0) is 146 Å². The van der Waals surface area contributed by atoms with Gasteiger partial charge in [0, 0.05) is 37.3 Å². The third-order valence-electron chi connectivity index (χ3n) is 15.9. The number of carbonyl (C=O) groups excluding carboxylic acids is 5. The lowest BCUT2D eigenvalue weighted by Crippen LogP contribution is -2.47. The normalized spacial score (nSPS) is 12.5. The molecule has 35 nitrogen and oxygen atoms in total. The van der Waals surface area contributed by atoms with E-state index in [1.807, 2.05) is 6.92 Å². The van der Waals surface area contributed by atoms with Crippen molar-refractivity contribution < 1.29 is 121 Å². The molecule has 10 aromatic rings. The molecule has 13 rings (SSSR count). The summed E-state index contributed by atoms with van der Waals surface area (Å²) in [5.74, 6) is -3.63. The quantitative estimate of drug-likeness (QED) is 0.0181. The number of phenols is 4. The van der Waals surface area contributed by atoms with Gasteiger partial charge in [-0.15, -0.1) is 0 Å². The van der Waals surface area contributed by atoms with Crippen molar-refractivity contribution in [2.45, 2.75) is 66.3 Å². The zero-order valence-corrected chi connectivity index (χ0v) is 57.3. The third-order valence-corrected chi connectivity index (χ3v) is 15.9. The number of nitro benzene ring substituents is 5. The Bertz CT molecular complexity index is 5170. The topological polar surface area (TPSA) is 484 Å². The SMILES string of the molecule is CC1Oc2ccc(C(=O)OCc3ccccc3[N+](=O)[O-])cc2O1.Cc1cc(COC(=O)c2ccc(O)c(O)c2)c([N+](=O)[O-])cc1C.O=C(OCc1ccccc1[N+](=O)[O-])c1ccc(O)c(O)c1.O=C(OCc1ccccc1[N+](=O)[O-])c1ccc2c(c1)OC1(O2)Oc2ccc(C(=O)OCc3ccccc3[N+](=O)[O-])cc2O1. The average molecular weight is 1510 g/mol. The van der Waals surface area contributed by atoms with Crippen LogP contribution in [-0.2, 0) is 56.7 Å². The maximum atomic E-state index is 12.7. The summed E-state index contributed by atoms with van der Waals surface area (Å²) in [6.07, 6.45) is -2.46. The summed E-state index contributed by atoms with van der Waals surface area (Å²) in [6.45, 7) is 3.97. The molecular weight excluding hydrogens is 1450 g/mol. The zero-order valence-electron chi connectivity index (χ0n) is 57.3. The van der Waals surface area contributed by atoms with Crippen molar-refractivity contribution in [2.24, 2.45) is 0 Å². The largest absolute Gasteiger partial charge is 0.611 e. The number of ether oxygens (including phenoxy) is 11. The summed E-state index contributed by atoms with van der Waals surface area (Å²) in [4.78, 5) is 114. The van der Waals surface area contributed by atoms with Crippen LogP contribution in [0.2, 0.25) is 0 Å². The summed E-state index contributed by atoms with van der Waals surface area (Å²) in [6, 6.07) is 47.0. The Kier molecular flexibility index (Phi) is 23.8. The van der Waals surface area contributed by atoms with Crippen molar-refractivity contribution in [1.29, 1.82) is 0 Å². The maximum Gasteiger partial charge on any atom is 0.611 e. The number of carbonyl (C=O) groups is 5. The van der Waals surface area contributed by atoms with E-state index in [1.54, 1.807) is 68.4 Å². The summed E-state index contributed by atoms with van der Waals surface area (Å²) >= 11 is 0. The molecule has 3 aliphatic heterocycles. The molecule has 3 heterocycles. The summed E-state index contributed by atoms with van der Waals surface area (Å²) in [5, 5.41) is 92.3. The van der Waals surface area contributed by atoms with Crippen molar-refractivity contribution in [2.75, 3.05) is 0 Å². The number of phenolic OH excluding ortho intramolecular Hbond substituents is 4. The number of aromatic hydroxyl groups is 4. The van der Waals surface area contributed by atoms with Crippen molar-refractivity contribution in [3.05, 3.63) is 318 Å². The summed E-state index contributed by atoms with van der Waals surface area (Å²) in [5.41, 5.74) is 2.81. The van der Waals surface area contributed by atoms with Crippen LogP contribution in [0.1, 0.15) is 97.7 Å². The number of para-hydroxylation sites is 4. The van der Waals surface area contributed by atoms with Gasteiger partial charge < -0.3 is 72.5 Å². The molecule has 1 atom stereocenters. The van der Waals surface area contributed by atoms with Gasteiger partial charge in [0.2, 0.25) is 6.29 Å². The van der Waals surface area contributed by atoms with Crippen LogP contribution in [0.15, 0.2) is 200 Å². The number of fused-ring (bicyclic) bond motifs is 3. The standard InChI is InChI=1S/C29H18N2O12.C16H13NO6.C16H15NO6.C14H11NO6/c32-27(38-15-19-5-1-3-7-21(19)30(34)35)17-9-11-23-25(13-17)42-29(40-23)41-24-12-10-18(14-26(24)43-29)28(33)39-16-20-6-2-4-8-22(20)31(36)37;1-10-22-14-7-6-11(8-15(14)23-10)16(18)21-9-12-4-2-3-5-13(12)17(19)20;1-9-5-12(13(17(21)22)6-10(9)2)8-23-16(20)11-3-4-14(18)15(19)7-11;16-12-6-5-9(7-13(12)17)14(18)21-8-10-3-1-2-4-11(10)15(19)20/h1-14H,15-16H2;2-8,10H,9H2,1H3;3-7,18-19H,8H2,1-2H3;1-7,16-17H,8H2. The number of hydrogen-bond acceptors (Lipinski definition) is 30. The van der Waals surface area contributed by atoms with Crippen molar-refractivity contribution in [3.8, 4) is 57.5 Å². The summed E-state index contributed by atoms with van der Waals surface area (Å²) in [7, 11) is 0. The molecule has 0 amide bonds. The fourth-order valence-corrected chi connectivity index (χ4v) is 10.3.